The predicted molar refractivity (Wildman–Crippen MR) is 66.8 cm³/mol. The first kappa shape index (κ1) is 11.9. The maximum absolute atomic E-state index is 9.42. The molecule has 2 atom stereocenters. The van der Waals surface area contributed by atoms with Gasteiger partial charge in [0.15, 0.2) is 0 Å². The number of rotatable bonds is 4. The highest BCUT2D eigenvalue weighted by Crippen LogP contribution is 2.40. The minimum Gasteiger partial charge on any atom is -0.297 e. The summed E-state index contributed by atoms with van der Waals surface area (Å²) in [6, 6.07) is 3.06. The minimum atomic E-state index is -0.315. The molecule has 2 aliphatic rings. The molecule has 18 heavy (non-hydrogen) atoms. The molecule has 0 radical (unpaired) electrons. The number of hydrogen-bond acceptors (Lipinski definition) is 6. The average molecular weight is 264 g/mol. The topological polar surface area (TPSA) is 79.4 Å². The zero-order chi connectivity index (χ0) is 12.6. The summed E-state index contributed by atoms with van der Waals surface area (Å²) in [6.45, 7) is 0. The smallest absolute Gasteiger partial charge is 0.209 e. The van der Waals surface area contributed by atoms with Crippen molar-refractivity contribution in [2.24, 2.45) is 7.05 Å². The van der Waals surface area contributed by atoms with Crippen LogP contribution in [0.3, 0.4) is 0 Å². The largest absolute Gasteiger partial charge is 0.297 e. The highest BCUT2D eigenvalue weighted by Gasteiger charge is 2.43. The third-order valence-corrected chi connectivity index (χ3v) is 4.89. The summed E-state index contributed by atoms with van der Waals surface area (Å²) in [5, 5.41) is 25.7. The summed E-state index contributed by atoms with van der Waals surface area (Å²) in [7, 11) is 1.84. The summed E-state index contributed by atoms with van der Waals surface area (Å²) in [5.41, 5.74) is -0.315. The molecular formula is C11H16N6S. The summed E-state index contributed by atoms with van der Waals surface area (Å²) in [6.07, 6.45) is 5.30. The van der Waals surface area contributed by atoms with Crippen LogP contribution in [0, 0.1) is 11.3 Å². The molecule has 6 nitrogen and oxygen atoms in total. The van der Waals surface area contributed by atoms with Gasteiger partial charge < -0.3 is 0 Å². The second-order valence-electron chi connectivity index (χ2n) is 5.18. The monoisotopic (exact) mass is 264 g/mol. The van der Waals surface area contributed by atoms with Gasteiger partial charge >= 0.3 is 0 Å². The third-order valence-electron chi connectivity index (χ3n) is 3.59. The van der Waals surface area contributed by atoms with Crippen molar-refractivity contribution in [3.8, 4) is 6.07 Å². The number of nitriles is 1. The van der Waals surface area contributed by atoms with Crippen LogP contribution in [-0.2, 0) is 7.05 Å². The first-order chi connectivity index (χ1) is 8.71. The maximum Gasteiger partial charge on any atom is 0.209 e. The van der Waals surface area contributed by atoms with Gasteiger partial charge in [0.1, 0.15) is 5.54 Å². The Bertz CT molecular complexity index is 476. The number of tetrazole rings is 1. The van der Waals surface area contributed by atoms with Crippen molar-refractivity contribution in [3.63, 3.8) is 0 Å². The molecule has 0 bridgehead atoms. The summed E-state index contributed by atoms with van der Waals surface area (Å²) < 4.78 is 1.69. The summed E-state index contributed by atoms with van der Waals surface area (Å²) in [5.74, 6) is 0. The molecule has 0 amide bonds. The molecule has 1 heterocycles. The summed E-state index contributed by atoms with van der Waals surface area (Å²) >= 11 is 1.69. The van der Waals surface area contributed by atoms with Gasteiger partial charge in [-0.3, -0.25) is 5.32 Å². The van der Waals surface area contributed by atoms with Crippen LogP contribution in [0.25, 0.3) is 0 Å². The molecule has 2 fully saturated rings. The quantitative estimate of drug-likeness (QED) is 0.869. The van der Waals surface area contributed by atoms with Crippen LogP contribution < -0.4 is 5.32 Å². The fraction of sp³-hybridized carbons (Fsp3) is 0.818. The number of aryl methyl sites for hydroxylation is 1. The molecule has 0 aliphatic heterocycles. The van der Waals surface area contributed by atoms with Crippen molar-refractivity contribution in [3.05, 3.63) is 0 Å². The fourth-order valence-electron chi connectivity index (χ4n) is 2.45. The third kappa shape index (κ3) is 2.35. The van der Waals surface area contributed by atoms with Crippen LogP contribution in [0.5, 0.6) is 0 Å². The Morgan fingerprint density at radius 3 is 2.94 bits per heavy atom. The molecule has 1 aromatic rings. The number of thioether (sulfide) groups is 1. The van der Waals surface area contributed by atoms with Crippen molar-refractivity contribution in [2.45, 2.75) is 54.1 Å². The van der Waals surface area contributed by atoms with Gasteiger partial charge in [0.25, 0.3) is 0 Å². The Labute approximate surface area is 110 Å². The van der Waals surface area contributed by atoms with E-state index in [1.54, 1.807) is 16.4 Å². The first-order valence-corrected chi connectivity index (χ1v) is 7.17. The van der Waals surface area contributed by atoms with Crippen LogP contribution >= 0.6 is 11.8 Å². The second kappa shape index (κ2) is 4.52. The van der Waals surface area contributed by atoms with Gasteiger partial charge in [-0.25, -0.2) is 4.68 Å². The lowest BCUT2D eigenvalue weighted by atomic mass is 10.00. The molecule has 2 saturated carbocycles. The molecular weight excluding hydrogens is 248 g/mol. The van der Waals surface area contributed by atoms with E-state index in [0.717, 1.165) is 24.4 Å². The van der Waals surface area contributed by atoms with Crippen molar-refractivity contribution in [2.75, 3.05) is 0 Å². The van der Waals surface area contributed by atoms with Crippen LogP contribution in [-0.4, -0.2) is 37.0 Å². The van der Waals surface area contributed by atoms with Crippen LogP contribution in [0.15, 0.2) is 5.16 Å². The number of hydrogen-bond donors (Lipinski definition) is 1. The second-order valence-corrected chi connectivity index (χ2v) is 6.45. The number of nitrogens with zero attached hydrogens (tertiary/aromatic N) is 5. The highest BCUT2D eigenvalue weighted by atomic mass is 32.2. The maximum atomic E-state index is 9.42. The molecule has 0 aromatic carbocycles. The molecule has 2 aliphatic carbocycles. The highest BCUT2D eigenvalue weighted by molar-refractivity contribution is 7.99. The summed E-state index contributed by atoms with van der Waals surface area (Å²) in [4.78, 5) is 0. The van der Waals surface area contributed by atoms with E-state index in [1.165, 1.54) is 12.8 Å². The van der Waals surface area contributed by atoms with Gasteiger partial charge in [-0.2, -0.15) is 5.26 Å². The molecule has 2 unspecified atom stereocenters. The standard InChI is InChI=1S/C11H16N6S/c1-17-10(14-15-16-17)18-9-4-5-11(6-9,7-12)13-8-2-3-8/h8-9,13H,2-6H2,1H3. The molecule has 7 heteroatoms. The van der Waals surface area contributed by atoms with Gasteiger partial charge in [-0.05, 0) is 42.5 Å². The first-order valence-electron chi connectivity index (χ1n) is 6.29. The van der Waals surface area contributed by atoms with Gasteiger partial charge in [0.05, 0.1) is 6.07 Å². The average Bonchev–Trinajstić information content (AvgIpc) is 2.94. The van der Waals surface area contributed by atoms with Crippen molar-refractivity contribution in [1.82, 2.24) is 25.5 Å². The Morgan fingerprint density at radius 1 is 1.50 bits per heavy atom. The normalized spacial score (nSPS) is 31.4. The lowest BCUT2D eigenvalue weighted by Crippen LogP contribution is -2.43. The van der Waals surface area contributed by atoms with Crippen molar-refractivity contribution in [1.29, 1.82) is 5.26 Å². The molecule has 1 aromatic heterocycles. The zero-order valence-electron chi connectivity index (χ0n) is 10.3. The van der Waals surface area contributed by atoms with E-state index in [2.05, 4.69) is 26.9 Å². The molecule has 0 saturated heterocycles. The van der Waals surface area contributed by atoms with Gasteiger partial charge in [0.2, 0.25) is 5.16 Å². The van der Waals surface area contributed by atoms with Gasteiger partial charge in [0, 0.05) is 18.3 Å². The van der Waals surface area contributed by atoms with Gasteiger partial charge in [-0.15, -0.1) is 5.10 Å². The van der Waals surface area contributed by atoms with Crippen molar-refractivity contribution < 1.29 is 0 Å². The van der Waals surface area contributed by atoms with Gasteiger partial charge in [-0.1, -0.05) is 11.8 Å². The van der Waals surface area contributed by atoms with E-state index in [4.69, 9.17) is 0 Å². The lowest BCUT2D eigenvalue weighted by molar-refractivity contribution is 0.420. The Hall–Kier alpha value is -1.13. The fourth-order valence-corrected chi connectivity index (χ4v) is 3.63. The molecule has 96 valence electrons. The minimum absolute atomic E-state index is 0.315. The van der Waals surface area contributed by atoms with Crippen molar-refractivity contribution >= 4 is 11.8 Å². The van der Waals surface area contributed by atoms with E-state index < -0.39 is 0 Å². The SMILES string of the molecule is Cn1nnnc1SC1CCC(C#N)(NC2CC2)C1. The van der Waals surface area contributed by atoms with Crippen LogP contribution in [0.4, 0.5) is 0 Å². The molecule has 3 rings (SSSR count). The molecule has 0 spiro atoms. The van der Waals surface area contributed by atoms with Crippen LogP contribution in [0.2, 0.25) is 0 Å². The Kier molecular flexibility index (Phi) is 2.99. The van der Waals surface area contributed by atoms with E-state index in [0.29, 0.717) is 11.3 Å². The zero-order valence-corrected chi connectivity index (χ0v) is 11.2. The number of aromatic nitrogens is 4. The van der Waals surface area contributed by atoms with E-state index >= 15 is 0 Å². The predicted octanol–water partition coefficient (Wildman–Crippen LogP) is 0.869. The van der Waals surface area contributed by atoms with E-state index in [9.17, 15) is 5.26 Å². The van der Waals surface area contributed by atoms with E-state index in [1.807, 2.05) is 7.05 Å². The lowest BCUT2D eigenvalue weighted by Gasteiger charge is -2.22. The van der Waals surface area contributed by atoms with Crippen LogP contribution in [0.1, 0.15) is 32.1 Å². The number of nitrogens with one attached hydrogen (secondary N) is 1. The Morgan fingerprint density at radius 2 is 2.33 bits per heavy atom. The Balaban J connectivity index is 1.63. The van der Waals surface area contributed by atoms with E-state index in [-0.39, 0.29) is 5.54 Å². The molecule has 1 N–H and O–H groups in total.